The minimum absolute atomic E-state index is 0.0610. The molecule has 158 valence electrons. The second kappa shape index (κ2) is 8.32. The van der Waals surface area contributed by atoms with Crippen molar-refractivity contribution in [1.82, 2.24) is 25.3 Å². The number of hydrogen-bond acceptors (Lipinski definition) is 9. The normalized spacial score (nSPS) is 11.3. The van der Waals surface area contributed by atoms with E-state index in [1.807, 2.05) is 18.2 Å². The van der Waals surface area contributed by atoms with Crippen LogP contribution in [0.5, 0.6) is 11.5 Å². The van der Waals surface area contributed by atoms with Crippen LogP contribution >= 0.6 is 11.6 Å². The summed E-state index contributed by atoms with van der Waals surface area (Å²) in [6.45, 7) is -0.119. The number of aromatic hydroxyl groups is 1. The molecule has 11 nitrogen and oxygen atoms in total. The summed E-state index contributed by atoms with van der Waals surface area (Å²) < 4.78 is 11.3. The lowest BCUT2D eigenvalue weighted by Gasteiger charge is -2.07. The van der Waals surface area contributed by atoms with Crippen LogP contribution in [0.1, 0.15) is 5.56 Å². The van der Waals surface area contributed by atoms with E-state index in [2.05, 4.69) is 30.5 Å². The summed E-state index contributed by atoms with van der Waals surface area (Å²) in [6, 6.07) is 10.1. The molecule has 4 aromatic rings. The molecule has 0 spiro atoms. The number of rotatable bonds is 6. The van der Waals surface area contributed by atoms with Gasteiger partial charge in [-0.25, -0.2) is 15.0 Å². The average Bonchev–Trinajstić information content (AvgIpc) is 3.33. The number of methoxy groups -OCH3 is 1. The highest BCUT2D eigenvalue weighted by atomic mass is 35.5. The summed E-state index contributed by atoms with van der Waals surface area (Å²) in [5.74, 6) is 0.0918. The lowest BCUT2D eigenvalue weighted by Crippen LogP contribution is -2.23. The second-order valence-electron chi connectivity index (χ2n) is 6.35. The number of halogens is 1. The van der Waals surface area contributed by atoms with Gasteiger partial charge in [-0.2, -0.15) is 5.10 Å². The van der Waals surface area contributed by atoms with E-state index in [-0.39, 0.29) is 34.6 Å². The highest BCUT2D eigenvalue weighted by molar-refractivity contribution is 6.33. The number of phenolic OH excluding ortho intramolecular Hbond substituents is 1. The molecule has 0 aliphatic carbocycles. The van der Waals surface area contributed by atoms with Crippen LogP contribution in [0.3, 0.4) is 0 Å². The second-order valence-corrected chi connectivity index (χ2v) is 6.75. The van der Waals surface area contributed by atoms with Crippen molar-refractivity contribution in [2.24, 2.45) is 5.10 Å². The van der Waals surface area contributed by atoms with Gasteiger partial charge in [0.25, 0.3) is 5.91 Å². The molecule has 4 rings (SSSR count). The number of phenols is 1. The molecule has 0 unspecified atom stereocenters. The van der Waals surface area contributed by atoms with Crippen LogP contribution in [0.25, 0.3) is 22.6 Å². The molecule has 2 aromatic heterocycles. The molecule has 2 heterocycles. The number of imidazole rings is 1. The standard InChI is InChI=1S/C19H16ClN7O4/c1-30-15-6-10(11(20)7-14(15)28)8-22-24-16(29)9-27-13-5-3-2-4-12(13)23-19(27)17-18(21)26-31-25-17/h2-8,28H,9H2,1H3,(H2,21,26)(H,24,29). The number of carbonyl (C=O) groups excluding carboxylic acids is 1. The number of nitrogens with one attached hydrogen (secondary N) is 1. The molecule has 0 radical (unpaired) electrons. The number of benzene rings is 2. The van der Waals surface area contributed by atoms with Crippen LogP contribution in [-0.2, 0) is 11.3 Å². The Morgan fingerprint density at radius 1 is 1.39 bits per heavy atom. The number of aromatic nitrogens is 4. The maximum Gasteiger partial charge on any atom is 0.260 e. The maximum atomic E-state index is 12.6. The van der Waals surface area contributed by atoms with E-state index >= 15 is 0 Å². The smallest absolute Gasteiger partial charge is 0.260 e. The van der Waals surface area contributed by atoms with E-state index in [1.54, 1.807) is 10.6 Å². The van der Waals surface area contributed by atoms with Crippen molar-refractivity contribution in [3.8, 4) is 23.0 Å². The number of para-hydroxylation sites is 2. The molecule has 2 aromatic carbocycles. The van der Waals surface area contributed by atoms with E-state index in [4.69, 9.17) is 22.1 Å². The van der Waals surface area contributed by atoms with E-state index in [1.165, 1.54) is 25.5 Å². The fourth-order valence-electron chi connectivity index (χ4n) is 2.94. The molecule has 0 fully saturated rings. The quantitative estimate of drug-likeness (QED) is 0.304. The first kappa shape index (κ1) is 20.2. The Labute approximate surface area is 180 Å². The topological polar surface area (TPSA) is 154 Å². The predicted molar refractivity (Wildman–Crippen MR) is 113 cm³/mol. The van der Waals surface area contributed by atoms with Crippen molar-refractivity contribution in [1.29, 1.82) is 0 Å². The molecule has 0 saturated heterocycles. The molecule has 0 saturated carbocycles. The van der Waals surface area contributed by atoms with Gasteiger partial charge in [-0.05, 0) is 28.5 Å². The van der Waals surface area contributed by atoms with Gasteiger partial charge in [-0.15, -0.1) is 0 Å². The summed E-state index contributed by atoms with van der Waals surface area (Å²) in [6.07, 6.45) is 1.34. The Morgan fingerprint density at radius 2 is 2.19 bits per heavy atom. The Kier molecular flexibility index (Phi) is 5.41. The summed E-state index contributed by atoms with van der Waals surface area (Å²) in [4.78, 5) is 17.0. The highest BCUT2D eigenvalue weighted by Gasteiger charge is 2.20. The summed E-state index contributed by atoms with van der Waals surface area (Å²) >= 11 is 6.08. The van der Waals surface area contributed by atoms with Crippen molar-refractivity contribution in [3.63, 3.8) is 0 Å². The van der Waals surface area contributed by atoms with Gasteiger partial charge in [-0.1, -0.05) is 23.7 Å². The van der Waals surface area contributed by atoms with Crippen LogP contribution in [0.15, 0.2) is 46.1 Å². The van der Waals surface area contributed by atoms with Crippen LogP contribution in [0, 0.1) is 0 Å². The third-order valence-corrected chi connectivity index (χ3v) is 4.70. The van der Waals surface area contributed by atoms with E-state index in [0.29, 0.717) is 22.4 Å². The summed E-state index contributed by atoms with van der Waals surface area (Å²) in [7, 11) is 1.41. The van der Waals surface area contributed by atoms with Gasteiger partial charge in [0.05, 0.1) is 29.4 Å². The molecule has 0 aliphatic heterocycles. The van der Waals surface area contributed by atoms with Crippen LogP contribution in [0.2, 0.25) is 5.02 Å². The minimum atomic E-state index is -0.433. The Hall–Kier alpha value is -4.12. The van der Waals surface area contributed by atoms with Gasteiger partial charge in [0.1, 0.15) is 6.54 Å². The van der Waals surface area contributed by atoms with E-state index < -0.39 is 5.91 Å². The van der Waals surface area contributed by atoms with Crippen LogP contribution < -0.4 is 15.9 Å². The number of ether oxygens (including phenoxy) is 1. The molecule has 1 amide bonds. The molecular weight excluding hydrogens is 426 g/mol. The first-order valence-electron chi connectivity index (χ1n) is 8.90. The number of hydrogen-bond donors (Lipinski definition) is 3. The SMILES string of the molecule is COc1cc(C=NNC(=O)Cn2c(-c3nonc3N)nc3ccccc32)c(Cl)cc1O. The fourth-order valence-corrected chi connectivity index (χ4v) is 3.15. The largest absolute Gasteiger partial charge is 0.504 e. The first-order valence-corrected chi connectivity index (χ1v) is 9.27. The van der Waals surface area contributed by atoms with Crippen molar-refractivity contribution in [3.05, 3.63) is 47.0 Å². The minimum Gasteiger partial charge on any atom is -0.504 e. The third-order valence-electron chi connectivity index (χ3n) is 4.37. The Bertz CT molecular complexity index is 1300. The molecule has 0 bridgehead atoms. The van der Waals surface area contributed by atoms with Gasteiger partial charge in [0, 0.05) is 11.6 Å². The zero-order valence-corrected chi connectivity index (χ0v) is 16.9. The molecular formula is C19H16ClN7O4. The number of carbonyl (C=O) groups is 1. The number of amides is 1. The van der Waals surface area contributed by atoms with Crippen molar-refractivity contribution < 1.29 is 19.3 Å². The number of nitrogen functional groups attached to an aromatic ring is 1. The average molecular weight is 442 g/mol. The van der Waals surface area contributed by atoms with Gasteiger partial charge in [-0.3, -0.25) is 4.79 Å². The zero-order valence-electron chi connectivity index (χ0n) is 16.1. The molecule has 0 atom stereocenters. The lowest BCUT2D eigenvalue weighted by molar-refractivity contribution is -0.121. The first-order chi connectivity index (χ1) is 15.0. The molecule has 31 heavy (non-hydrogen) atoms. The van der Waals surface area contributed by atoms with Crippen molar-refractivity contribution in [2.45, 2.75) is 6.54 Å². The number of nitrogens with two attached hydrogens (primary N) is 1. The summed E-state index contributed by atoms with van der Waals surface area (Å²) in [5, 5.41) is 21.2. The van der Waals surface area contributed by atoms with Crippen molar-refractivity contribution in [2.75, 3.05) is 12.8 Å². The maximum absolute atomic E-state index is 12.6. The van der Waals surface area contributed by atoms with E-state index in [9.17, 15) is 9.90 Å². The number of fused-ring (bicyclic) bond motifs is 1. The zero-order chi connectivity index (χ0) is 22.0. The van der Waals surface area contributed by atoms with Gasteiger partial charge in [0.15, 0.2) is 28.8 Å². The molecule has 12 heteroatoms. The van der Waals surface area contributed by atoms with Gasteiger partial charge < -0.3 is 20.1 Å². The molecule has 0 aliphatic rings. The number of anilines is 1. The van der Waals surface area contributed by atoms with E-state index in [0.717, 1.165) is 0 Å². The fraction of sp³-hybridized carbons (Fsp3) is 0.105. The third kappa shape index (κ3) is 3.98. The predicted octanol–water partition coefficient (Wildman–Crippen LogP) is 2.19. The number of nitrogens with zero attached hydrogens (tertiary/aromatic N) is 5. The monoisotopic (exact) mass is 441 g/mol. The van der Waals surface area contributed by atoms with Crippen molar-refractivity contribution >= 4 is 40.6 Å². The number of hydrazone groups is 1. The van der Waals surface area contributed by atoms with Gasteiger partial charge >= 0.3 is 0 Å². The molecule has 4 N–H and O–H groups in total. The Morgan fingerprint density at radius 3 is 2.94 bits per heavy atom. The highest BCUT2D eigenvalue weighted by Crippen LogP contribution is 2.31. The van der Waals surface area contributed by atoms with Gasteiger partial charge in [0.2, 0.25) is 0 Å². The van der Waals surface area contributed by atoms with Crippen LogP contribution in [0.4, 0.5) is 5.82 Å². The van der Waals surface area contributed by atoms with Crippen LogP contribution in [-0.4, -0.2) is 44.2 Å². The Balaban J connectivity index is 1.57. The summed E-state index contributed by atoms with van der Waals surface area (Å²) in [5.41, 5.74) is 10.3. The lowest BCUT2D eigenvalue weighted by atomic mass is 10.2.